The number of rotatable bonds is 8. The Morgan fingerprint density at radius 1 is 1.03 bits per heavy atom. The van der Waals surface area contributed by atoms with Crippen molar-refractivity contribution in [2.24, 2.45) is 0 Å². The summed E-state index contributed by atoms with van der Waals surface area (Å²) in [5.41, 5.74) is 1.05. The molecule has 1 heterocycles. The molecule has 1 aliphatic rings. The number of benzene rings is 1. The SMILES string of the molecule is COc1ccc(CCC(=O)N2CCN(CCC(=O)NC(=O)NCC(F)(F)F)CC2)cc1. The predicted molar refractivity (Wildman–Crippen MR) is 107 cm³/mol. The monoisotopic (exact) mass is 444 g/mol. The minimum Gasteiger partial charge on any atom is -0.497 e. The minimum absolute atomic E-state index is 0.0230. The van der Waals surface area contributed by atoms with Crippen LogP contribution in [-0.2, 0) is 16.0 Å². The first-order valence-electron chi connectivity index (χ1n) is 9.94. The number of carbonyl (C=O) groups is 3. The molecule has 1 aliphatic heterocycles. The van der Waals surface area contributed by atoms with Crippen molar-refractivity contribution in [3.05, 3.63) is 29.8 Å². The zero-order valence-corrected chi connectivity index (χ0v) is 17.3. The Balaban J connectivity index is 1.62. The summed E-state index contributed by atoms with van der Waals surface area (Å²) in [6.45, 7) is 1.10. The predicted octanol–water partition coefficient (Wildman–Crippen LogP) is 1.55. The first-order valence-corrected chi connectivity index (χ1v) is 9.94. The Morgan fingerprint density at radius 3 is 2.26 bits per heavy atom. The van der Waals surface area contributed by atoms with Crippen LogP contribution in [0.1, 0.15) is 18.4 Å². The van der Waals surface area contributed by atoms with Gasteiger partial charge in [-0.25, -0.2) is 4.79 Å². The number of nitrogens with zero attached hydrogens (tertiary/aromatic N) is 2. The second-order valence-electron chi connectivity index (χ2n) is 7.17. The number of ether oxygens (including phenoxy) is 1. The second-order valence-corrected chi connectivity index (χ2v) is 7.17. The highest BCUT2D eigenvalue weighted by Gasteiger charge is 2.28. The molecule has 2 rings (SSSR count). The molecule has 8 nitrogen and oxygen atoms in total. The van der Waals surface area contributed by atoms with Crippen LogP contribution in [0.4, 0.5) is 18.0 Å². The summed E-state index contributed by atoms with van der Waals surface area (Å²) in [6.07, 6.45) is -3.52. The lowest BCUT2D eigenvalue weighted by atomic mass is 10.1. The van der Waals surface area contributed by atoms with Crippen molar-refractivity contribution in [2.75, 3.05) is 46.4 Å². The highest BCUT2D eigenvalue weighted by Crippen LogP contribution is 2.14. The number of hydrogen-bond donors (Lipinski definition) is 2. The fourth-order valence-corrected chi connectivity index (χ4v) is 3.10. The van der Waals surface area contributed by atoms with E-state index in [0.29, 0.717) is 45.6 Å². The quantitative estimate of drug-likeness (QED) is 0.635. The van der Waals surface area contributed by atoms with Gasteiger partial charge in [0.05, 0.1) is 7.11 Å². The van der Waals surface area contributed by atoms with Crippen molar-refractivity contribution in [3.63, 3.8) is 0 Å². The smallest absolute Gasteiger partial charge is 0.405 e. The van der Waals surface area contributed by atoms with Crippen LogP contribution >= 0.6 is 0 Å². The van der Waals surface area contributed by atoms with Crippen LogP contribution in [0.15, 0.2) is 24.3 Å². The first-order chi connectivity index (χ1) is 14.7. The fourth-order valence-electron chi connectivity index (χ4n) is 3.10. The number of urea groups is 1. The van der Waals surface area contributed by atoms with Gasteiger partial charge >= 0.3 is 12.2 Å². The second kappa shape index (κ2) is 11.5. The molecule has 11 heteroatoms. The molecule has 0 saturated carbocycles. The lowest BCUT2D eigenvalue weighted by Crippen LogP contribution is -2.49. The van der Waals surface area contributed by atoms with Gasteiger partial charge in [-0.1, -0.05) is 12.1 Å². The number of methoxy groups -OCH3 is 1. The number of imide groups is 1. The maximum absolute atomic E-state index is 12.4. The van der Waals surface area contributed by atoms with Gasteiger partial charge in [0.15, 0.2) is 0 Å². The van der Waals surface area contributed by atoms with Gasteiger partial charge in [-0.2, -0.15) is 13.2 Å². The fraction of sp³-hybridized carbons (Fsp3) is 0.550. The highest BCUT2D eigenvalue weighted by atomic mass is 19.4. The van der Waals surface area contributed by atoms with E-state index in [2.05, 4.69) is 0 Å². The van der Waals surface area contributed by atoms with Gasteiger partial charge < -0.3 is 15.0 Å². The van der Waals surface area contributed by atoms with Gasteiger partial charge in [0.1, 0.15) is 12.3 Å². The molecule has 0 unspecified atom stereocenters. The van der Waals surface area contributed by atoms with E-state index in [4.69, 9.17) is 4.74 Å². The van der Waals surface area contributed by atoms with Crippen LogP contribution in [0.3, 0.4) is 0 Å². The molecule has 1 fully saturated rings. The standard InChI is InChI=1S/C20H27F3N4O4/c1-31-16-5-2-15(3-6-16)4-7-18(29)27-12-10-26(11-13-27)9-8-17(28)25-19(30)24-14-20(21,22)23/h2-3,5-6H,4,7-14H2,1H3,(H2,24,25,28,30). The summed E-state index contributed by atoms with van der Waals surface area (Å²) in [6, 6.07) is 6.40. The summed E-state index contributed by atoms with van der Waals surface area (Å²) < 4.78 is 41.2. The van der Waals surface area contributed by atoms with Gasteiger partial charge in [-0.05, 0) is 24.1 Å². The highest BCUT2D eigenvalue weighted by molar-refractivity contribution is 5.94. The molecule has 172 valence electrons. The van der Waals surface area contributed by atoms with E-state index < -0.39 is 24.7 Å². The van der Waals surface area contributed by atoms with Crippen LogP contribution in [0, 0.1) is 0 Å². The van der Waals surface area contributed by atoms with Gasteiger partial charge in [0.25, 0.3) is 0 Å². The average molecular weight is 444 g/mol. The van der Waals surface area contributed by atoms with Crippen molar-refractivity contribution in [3.8, 4) is 5.75 Å². The molecule has 0 aromatic heterocycles. The zero-order valence-electron chi connectivity index (χ0n) is 17.3. The maximum Gasteiger partial charge on any atom is 0.405 e. The molecule has 0 spiro atoms. The maximum atomic E-state index is 12.4. The van der Waals surface area contributed by atoms with Crippen molar-refractivity contribution in [1.82, 2.24) is 20.4 Å². The van der Waals surface area contributed by atoms with Crippen LogP contribution in [0.2, 0.25) is 0 Å². The minimum atomic E-state index is -4.54. The Labute approximate surface area is 178 Å². The lowest BCUT2D eigenvalue weighted by Gasteiger charge is -2.34. The van der Waals surface area contributed by atoms with Crippen molar-refractivity contribution < 1.29 is 32.3 Å². The topological polar surface area (TPSA) is 91.0 Å². The van der Waals surface area contributed by atoms with Gasteiger partial charge in [-0.3, -0.25) is 19.8 Å². The normalized spacial score (nSPS) is 14.8. The first kappa shape index (κ1) is 24.4. The van der Waals surface area contributed by atoms with Crippen LogP contribution < -0.4 is 15.4 Å². The molecular weight excluding hydrogens is 417 g/mol. The Kier molecular flexibility index (Phi) is 9.10. The molecule has 1 aromatic rings. The third-order valence-corrected chi connectivity index (χ3v) is 4.87. The van der Waals surface area contributed by atoms with E-state index in [1.807, 2.05) is 34.5 Å². The number of amides is 4. The van der Waals surface area contributed by atoms with E-state index >= 15 is 0 Å². The summed E-state index contributed by atoms with van der Waals surface area (Å²) in [5, 5.41) is 3.45. The Hall–Kier alpha value is -2.82. The molecule has 0 bridgehead atoms. The van der Waals surface area contributed by atoms with E-state index in [-0.39, 0.29) is 12.3 Å². The number of alkyl halides is 3. The summed E-state index contributed by atoms with van der Waals surface area (Å²) in [5.74, 6) is 0.175. The van der Waals surface area contributed by atoms with E-state index in [0.717, 1.165) is 11.3 Å². The number of hydrogen-bond acceptors (Lipinski definition) is 5. The van der Waals surface area contributed by atoms with Crippen LogP contribution in [0.5, 0.6) is 5.75 Å². The molecule has 31 heavy (non-hydrogen) atoms. The summed E-state index contributed by atoms with van der Waals surface area (Å²) in [7, 11) is 1.60. The van der Waals surface area contributed by atoms with Crippen molar-refractivity contribution in [1.29, 1.82) is 0 Å². The molecule has 4 amide bonds. The number of aryl methyl sites for hydroxylation is 1. The third kappa shape index (κ3) is 9.24. The molecule has 1 aromatic carbocycles. The lowest BCUT2D eigenvalue weighted by molar-refractivity contribution is -0.133. The Bertz CT molecular complexity index is 748. The van der Waals surface area contributed by atoms with Crippen LogP contribution in [0.25, 0.3) is 0 Å². The molecule has 2 N–H and O–H groups in total. The number of piperazine rings is 1. The third-order valence-electron chi connectivity index (χ3n) is 4.87. The van der Waals surface area contributed by atoms with Crippen molar-refractivity contribution in [2.45, 2.75) is 25.4 Å². The van der Waals surface area contributed by atoms with Crippen molar-refractivity contribution >= 4 is 17.8 Å². The largest absolute Gasteiger partial charge is 0.497 e. The molecular formula is C20H27F3N4O4. The van der Waals surface area contributed by atoms with E-state index in [1.54, 1.807) is 17.3 Å². The molecule has 0 atom stereocenters. The number of halogens is 3. The molecule has 1 saturated heterocycles. The number of carbonyl (C=O) groups excluding carboxylic acids is 3. The van der Waals surface area contributed by atoms with Crippen LogP contribution in [-0.4, -0.2) is 80.2 Å². The zero-order chi connectivity index (χ0) is 22.9. The average Bonchev–Trinajstić information content (AvgIpc) is 2.75. The summed E-state index contributed by atoms with van der Waals surface area (Å²) >= 11 is 0. The summed E-state index contributed by atoms with van der Waals surface area (Å²) in [4.78, 5) is 39.1. The van der Waals surface area contributed by atoms with Gasteiger partial charge in [-0.15, -0.1) is 0 Å². The Morgan fingerprint density at radius 2 is 1.68 bits per heavy atom. The van der Waals surface area contributed by atoms with Gasteiger partial charge in [0.2, 0.25) is 11.8 Å². The number of nitrogens with one attached hydrogen (secondary N) is 2. The van der Waals surface area contributed by atoms with Gasteiger partial charge in [0, 0.05) is 45.6 Å². The molecule has 0 radical (unpaired) electrons. The van der Waals surface area contributed by atoms with E-state index in [1.165, 1.54) is 0 Å². The van der Waals surface area contributed by atoms with E-state index in [9.17, 15) is 27.6 Å². The molecule has 0 aliphatic carbocycles.